The lowest BCUT2D eigenvalue weighted by Crippen LogP contribution is -2.35. The van der Waals surface area contributed by atoms with Gasteiger partial charge in [-0.3, -0.25) is 4.79 Å². The topological polar surface area (TPSA) is 29.1 Å². The number of halogens is 4. The van der Waals surface area contributed by atoms with Crippen molar-refractivity contribution in [1.82, 2.24) is 5.32 Å². The molecule has 0 aromatic carbocycles. The molecule has 84 valence electrons. The molecule has 0 aromatic heterocycles. The third-order valence-corrected chi connectivity index (χ3v) is 1.81. The molecule has 0 aromatic rings. The van der Waals surface area contributed by atoms with Gasteiger partial charge in [0, 0.05) is 11.9 Å². The van der Waals surface area contributed by atoms with Gasteiger partial charge < -0.3 is 5.32 Å². The summed E-state index contributed by atoms with van der Waals surface area (Å²) in [7, 11) is 0. The highest BCUT2D eigenvalue weighted by molar-refractivity contribution is 6.17. The second-order valence-electron chi connectivity index (χ2n) is 3.09. The Labute approximate surface area is 85.8 Å². The van der Waals surface area contributed by atoms with E-state index in [0.717, 1.165) is 0 Å². The first-order valence-corrected chi connectivity index (χ1v) is 4.80. The molecule has 0 aliphatic carbocycles. The molecule has 1 amide bonds. The molecule has 14 heavy (non-hydrogen) atoms. The maximum Gasteiger partial charge on any atom is 0.397 e. The Morgan fingerprint density at radius 3 is 2.50 bits per heavy atom. The number of nitrogens with one attached hydrogen (secondary N) is 1. The summed E-state index contributed by atoms with van der Waals surface area (Å²) >= 11 is 5.40. The largest absolute Gasteiger partial charge is 0.397 e. The number of amides is 1. The van der Waals surface area contributed by atoms with Crippen LogP contribution in [0.3, 0.4) is 0 Å². The minimum Gasteiger partial charge on any atom is -0.353 e. The first kappa shape index (κ1) is 13.5. The molecule has 0 radical (unpaired) electrons. The van der Waals surface area contributed by atoms with Crippen molar-refractivity contribution in [3.8, 4) is 0 Å². The Morgan fingerprint density at radius 1 is 1.50 bits per heavy atom. The summed E-state index contributed by atoms with van der Waals surface area (Å²) < 4.78 is 35.2. The average Bonchev–Trinajstić information content (AvgIpc) is 1.96. The lowest BCUT2D eigenvalue weighted by molar-refractivity contribution is -0.154. The van der Waals surface area contributed by atoms with E-state index in [1.807, 2.05) is 0 Å². The molecule has 6 heteroatoms. The molecule has 0 aliphatic heterocycles. The van der Waals surface area contributed by atoms with Crippen molar-refractivity contribution in [2.24, 2.45) is 0 Å². The summed E-state index contributed by atoms with van der Waals surface area (Å²) in [5.41, 5.74) is 0. The zero-order chi connectivity index (χ0) is 11.2. The van der Waals surface area contributed by atoms with Crippen LogP contribution in [0.2, 0.25) is 0 Å². The van der Waals surface area contributed by atoms with Crippen molar-refractivity contribution in [1.29, 1.82) is 0 Å². The van der Waals surface area contributed by atoms with Gasteiger partial charge in [-0.15, -0.1) is 11.6 Å². The van der Waals surface area contributed by atoms with Gasteiger partial charge in [-0.05, 0) is 19.8 Å². The summed E-state index contributed by atoms with van der Waals surface area (Å²) in [5.74, 6) is -0.543. The molecule has 0 spiro atoms. The molecule has 0 aliphatic rings. The standard InChI is InChI=1S/C8H13ClF3NO/c1-6(3-2-4-9)13-7(14)5-8(10,11)12/h6H,2-5H2,1H3,(H,13,14). The van der Waals surface area contributed by atoms with Gasteiger partial charge in [0.15, 0.2) is 0 Å². The van der Waals surface area contributed by atoms with Crippen LogP contribution < -0.4 is 5.32 Å². The molecule has 1 N–H and O–H groups in total. The second-order valence-corrected chi connectivity index (χ2v) is 3.47. The van der Waals surface area contributed by atoms with Gasteiger partial charge in [-0.2, -0.15) is 13.2 Å². The van der Waals surface area contributed by atoms with Gasteiger partial charge in [0.2, 0.25) is 5.91 Å². The molecule has 0 saturated heterocycles. The van der Waals surface area contributed by atoms with Crippen molar-refractivity contribution >= 4 is 17.5 Å². The maximum absolute atomic E-state index is 11.7. The third-order valence-electron chi connectivity index (χ3n) is 1.54. The minimum absolute atomic E-state index is 0.261. The summed E-state index contributed by atoms with van der Waals surface area (Å²) in [5, 5.41) is 2.25. The number of rotatable bonds is 5. The van der Waals surface area contributed by atoms with E-state index in [1.54, 1.807) is 6.92 Å². The molecule has 0 rings (SSSR count). The van der Waals surface area contributed by atoms with Crippen molar-refractivity contribution in [2.75, 3.05) is 5.88 Å². The normalized spacial score (nSPS) is 13.8. The van der Waals surface area contributed by atoms with Gasteiger partial charge in [0.05, 0.1) is 0 Å². The zero-order valence-corrected chi connectivity index (χ0v) is 8.58. The monoisotopic (exact) mass is 231 g/mol. The number of carbonyl (C=O) groups is 1. The summed E-state index contributed by atoms with van der Waals surface area (Å²) in [6.45, 7) is 1.65. The van der Waals surface area contributed by atoms with Crippen LogP contribution >= 0.6 is 11.6 Å². The molecule has 0 saturated carbocycles. The van der Waals surface area contributed by atoms with E-state index in [9.17, 15) is 18.0 Å². The summed E-state index contributed by atoms with van der Waals surface area (Å²) in [4.78, 5) is 10.8. The lowest BCUT2D eigenvalue weighted by Gasteiger charge is -2.13. The predicted octanol–water partition coefficient (Wildman–Crippen LogP) is 2.46. The van der Waals surface area contributed by atoms with Crippen LogP contribution in [0.1, 0.15) is 26.2 Å². The molecule has 0 bridgehead atoms. The Kier molecular flexibility index (Phi) is 5.92. The molecule has 1 atom stereocenters. The fourth-order valence-corrected chi connectivity index (χ4v) is 1.12. The average molecular weight is 232 g/mol. The van der Waals surface area contributed by atoms with Crippen LogP contribution in [0.4, 0.5) is 13.2 Å². The van der Waals surface area contributed by atoms with E-state index in [4.69, 9.17) is 11.6 Å². The van der Waals surface area contributed by atoms with Crippen LogP contribution in [0.15, 0.2) is 0 Å². The SMILES string of the molecule is CC(CCCCl)NC(=O)CC(F)(F)F. The second kappa shape index (κ2) is 6.11. The minimum atomic E-state index is -4.43. The van der Waals surface area contributed by atoms with E-state index >= 15 is 0 Å². The molecule has 2 nitrogen and oxygen atoms in total. The number of alkyl halides is 4. The van der Waals surface area contributed by atoms with E-state index in [1.165, 1.54) is 0 Å². The van der Waals surface area contributed by atoms with E-state index in [-0.39, 0.29) is 6.04 Å². The molecule has 0 fully saturated rings. The fourth-order valence-electron chi connectivity index (χ4n) is 0.963. The van der Waals surface area contributed by atoms with Crippen LogP contribution in [0, 0.1) is 0 Å². The quantitative estimate of drug-likeness (QED) is 0.724. The van der Waals surface area contributed by atoms with Gasteiger partial charge in [-0.1, -0.05) is 0 Å². The van der Waals surface area contributed by atoms with E-state index in [0.29, 0.717) is 18.7 Å². The molecular formula is C8H13ClF3NO. The van der Waals surface area contributed by atoms with Crippen molar-refractivity contribution in [2.45, 2.75) is 38.4 Å². The van der Waals surface area contributed by atoms with E-state index < -0.39 is 18.5 Å². The Hall–Kier alpha value is -0.450. The fraction of sp³-hybridized carbons (Fsp3) is 0.875. The first-order chi connectivity index (χ1) is 6.35. The van der Waals surface area contributed by atoms with E-state index in [2.05, 4.69) is 5.32 Å². The Balaban J connectivity index is 3.71. The van der Waals surface area contributed by atoms with Crippen LogP contribution in [-0.4, -0.2) is 24.0 Å². The summed E-state index contributed by atoms with van der Waals surface area (Å²) in [6, 6.07) is -0.261. The highest BCUT2D eigenvalue weighted by atomic mass is 35.5. The predicted molar refractivity (Wildman–Crippen MR) is 48.2 cm³/mol. The van der Waals surface area contributed by atoms with Crippen molar-refractivity contribution in [3.05, 3.63) is 0 Å². The van der Waals surface area contributed by atoms with Crippen LogP contribution in [0.5, 0.6) is 0 Å². The van der Waals surface area contributed by atoms with Gasteiger partial charge in [0.1, 0.15) is 6.42 Å². The van der Waals surface area contributed by atoms with Crippen molar-refractivity contribution in [3.63, 3.8) is 0 Å². The zero-order valence-electron chi connectivity index (χ0n) is 7.83. The highest BCUT2D eigenvalue weighted by Crippen LogP contribution is 2.19. The molecular weight excluding hydrogens is 219 g/mol. The number of carbonyl (C=O) groups excluding carboxylic acids is 1. The first-order valence-electron chi connectivity index (χ1n) is 4.27. The summed E-state index contributed by atoms with van der Waals surface area (Å²) in [6.07, 6.45) is -4.59. The Bertz CT molecular complexity index is 184. The maximum atomic E-state index is 11.7. The van der Waals surface area contributed by atoms with Crippen LogP contribution in [-0.2, 0) is 4.79 Å². The molecule has 0 heterocycles. The number of hydrogen-bond donors (Lipinski definition) is 1. The molecule has 1 unspecified atom stereocenters. The van der Waals surface area contributed by atoms with Crippen molar-refractivity contribution < 1.29 is 18.0 Å². The lowest BCUT2D eigenvalue weighted by atomic mass is 10.2. The van der Waals surface area contributed by atoms with Crippen LogP contribution in [0.25, 0.3) is 0 Å². The van der Waals surface area contributed by atoms with Gasteiger partial charge in [0.25, 0.3) is 0 Å². The van der Waals surface area contributed by atoms with Gasteiger partial charge in [-0.25, -0.2) is 0 Å². The third kappa shape index (κ3) is 8.16. The Morgan fingerprint density at radius 2 is 2.07 bits per heavy atom. The number of hydrogen-bond acceptors (Lipinski definition) is 1. The van der Waals surface area contributed by atoms with Gasteiger partial charge >= 0.3 is 6.18 Å². The highest BCUT2D eigenvalue weighted by Gasteiger charge is 2.31. The smallest absolute Gasteiger partial charge is 0.353 e.